The van der Waals surface area contributed by atoms with E-state index in [1.807, 2.05) is 13.8 Å². The highest BCUT2D eigenvalue weighted by molar-refractivity contribution is 5.67. The van der Waals surface area contributed by atoms with Gasteiger partial charge in [-0.15, -0.1) is 6.58 Å². The van der Waals surface area contributed by atoms with E-state index >= 15 is 0 Å². The average molecular weight is 439 g/mol. The molecule has 1 aliphatic heterocycles. The second-order valence-electron chi connectivity index (χ2n) is 11.0. The zero-order chi connectivity index (χ0) is 23.6. The molecule has 0 bridgehead atoms. The van der Waals surface area contributed by atoms with E-state index in [0.29, 0.717) is 12.8 Å². The van der Waals surface area contributed by atoms with E-state index in [1.165, 1.54) is 13.8 Å². The Balaban J connectivity index is 2.25. The van der Waals surface area contributed by atoms with Crippen LogP contribution in [0.1, 0.15) is 67.7 Å². The Morgan fingerprint density at radius 2 is 1.61 bits per heavy atom. The van der Waals surface area contributed by atoms with Gasteiger partial charge in [-0.2, -0.15) is 0 Å². The molecule has 0 aromatic heterocycles. The predicted octanol–water partition coefficient (Wildman–Crippen LogP) is 2.77. The second-order valence-corrected chi connectivity index (χ2v) is 11.0. The van der Waals surface area contributed by atoms with Crippen LogP contribution in [0.5, 0.6) is 0 Å². The first-order valence-corrected chi connectivity index (χ1v) is 11.2. The SMILES string of the molecule is C=C[C@@]1(C)C[C@H](OC(C)=O)[C@H]2[C@](C)(O1)[C@@H](O)[C@@H](O)[C@H]1C(C)(C)CC[C@@H](OC(C)=O)[C@@]12C. The fraction of sp³-hybridized carbons (Fsp3) is 0.833. The van der Waals surface area contributed by atoms with Crippen LogP contribution in [0.25, 0.3) is 0 Å². The molecule has 3 fully saturated rings. The fourth-order valence-corrected chi connectivity index (χ4v) is 7.35. The Hall–Kier alpha value is -1.44. The van der Waals surface area contributed by atoms with Crippen LogP contribution in [0.3, 0.4) is 0 Å². The van der Waals surface area contributed by atoms with E-state index in [2.05, 4.69) is 20.4 Å². The minimum Gasteiger partial charge on any atom is -0.462 e. The maximum atomic E-state index is 12.1. The Morgan fingerprint density at radius 3 is 2.13 bits per heavy atom. The number of hydrogen-bond acceptors (Lipinski definition) is 7. The van der Waals surface area contributed by atoms with Gasteiger partial charge in [0.25, 0.3) is 0 Å². The summed E-state index contributed by atoms with van der Waals surface area (Å²) >= 11 is 0. The maximum absolute atomic E-state index is 12.1. The maximum Gasteiger partial charge on any atom is 0.302 e. The van der Waals surface area contributed by atoms with Gasteiger partial charge in [0.1, 0.15) is 23.9 Å². The van der Waals surface area contributed by atoms with E-state index in [1.54, 1.807) is 13.0 Å². The molecule has 7 heteroatoms. The lowest BCUT2D eigenvalue weighted by atomic mass is 9.41. The predicted molar refractivity (Wildman–Crippen MR) is 114 cm³/mol. The molecule has 3 rings (SSSR count). The molecule has 31 heavy (non-hydrogen) atoms. The summed E-state index contributed by atoms with van der Waals surface area (Å²) in [4.78, 5) is 24.1. The smallest absolute Gasteiger partial charge is 0.302 e. The normalized spacial score (nSPS) is 48.7. The molecule has 0 unspecified atom stereocenters. The number of fused-ring (bicyclic) bond motifs is 3. The van der Waals surface area contributed by atoms with Gasteiger partial charge in [-0.25, -0.2) is 0 Å². The summed E-state index contributed by atoms with van der Waals surface area (Å²) in [7, 11) is 0. The molecule has 1 heterocycles. The molecule has 2 saturated carbocycles. The molecule has 3 aliphatic rings. The minimum atomic E-state index is -1.25. The largest absolute Gasteiger partial charge is 0.462 e. The van der Waals surface area contributed by atoms with Crippen molar-refractivity contribution in [3.05, 3.63) is 12.7 Å². The number of hydrogen-bond donors (Lipinski definition) is 2. The van der Waals surface area contributed by atoms with Gasteiger partial charge in [-0.05, 0) is 32.1 Å². The Morgan fingerprint density at radius 1 is 1.03 bits per heavy atom. The second kappa shape index (κ2) is 7.56. The van der Waals surface area contributed by atoms with Crippen LogP contribution in [-0.4, -0.2) is 57.8 Å². The van der Waals surface area contributed by atoms with Crippen molar-refractivity contribution >= 4 is 11.9 Å². The first-order chi connectivity index (χ1) is 14.1. The van der Waals surface area contributed by atoms with Gasteiger partial charge >= 0.3 is 11.9 Å². The molecule has 0 aromatic carbocycles. The topological polar surface area (TPSA) is 102 Å². The van der Waals surface area contributed by atoms with E-state index in [9.17, 15) is 19.8 Å². The lowest BCUT2D eigenvalue weighted by Gasteiger charge is -2.69. The van der Waals surface area contributed by atoms with Crippen LogP contribution < -0.4 is 0 Å². The standard InChI is InChI=1S/C24H38O7/c1-9-22(6)12-15(29-13(2)25)18-23(7)16(30-14(3)26)10-11-21(4,5)19(23)17(27)20(28)24(18,8)31-22/h9,15-20,27-28H,1,10-12H2,2-8H3/t15-,16+,17-,18+,19-,20-,22-,23+,24-/m0/s1. The summed E-state index contributed by atoms with van der Waals surface area (Å²) < 4.78 is 18.1. The monoisotopic (exact) mass is 438 g/mol. The van der Waals surface area contributed by atoms with Crippen molar-refractivity contribution in [3.8, 4) is 0 Å². The molecule has 1 saturated heterocycles. The molecule has 176 valence electrons. The molecular weight excluding hydrogens is 400 g/mol. The summed E-state index contributed by atoms with van der Waals surface area (Å²) in [5.74, 6) is -1.74. The molecule has 7 nitrogen and oxygen atoms in total. The van der Waals surface area contributed by atoms with Gasteiger partial charge in [-0.3, -0.25) is 9.59 Å². The van der Waals surface area contributed by atoms with Crippen LogP contribution in [0, 0.1) is 22.7 Å². The molecule has 9 atom stereocenters. The lowest BCUT2D eigenvalue weighted by Crippen LogP contribution is -2.78. The number of ether oxygens (including phenoxy) is 3. The highest BCUT2D eigenvalue weighted by Crippen LogP contribution is 2.66. The minimum absolute atomic E-state index is 0.340. The van der Waals surface area contributed by atoms with E-state index in [0.717, 1.165) is 6.42 Å². The first kappa shape index (κ1) is 24.2. The number of carbonyl (C=O) groups is 2. The van der Waals surface area contributed by atoms with Crippen LogP contribution in [0.15, 0.2) is 12.7 Å². The Kier molecular flexibility index (Phi) is 5.91. The van der Waals surface area contributed by atoms with Crippen molar-refractivity contribution in [1.29, 1.82) is 0 Å². The summed E-state index contributed by atoms with van der Waals surface area (Å²) in [5, 5.41) is 22.8. The van der Waals surface area contributed by atoms with Crippen LogP contribution >= 0.6 is 0 Å². The van der Waals surface area contributed by atoms with Crippen LogP contribution in [0.4, 0.5) is 0 Å². The number of aliphatic hydroxyl groups excluding tert-OH is 2. The van der Waals surface area contributed by atoms with Crippen molar-refractivity contribution in [2.24, 2.45) is 22.7 Å². The molecule has 0 radical (unpaired) electrons. The summed E-state index contributed by atoms with van der Waals surface area (Å²) in [5.41, 5.74) is -3.26. The Bertz CT molecular complexity index is 763. The van der Waals surface area contributed by atoms with Gasteiger partial charge in [0.05, 0.1) is 11.7 Å². The van der Waals surface area contributed by atoms with Crippen LogP contribution in [0.2, 0.25) is 0 Å². The van der Waals surface area contributed by atoms with E-state index in [-0.39, 0.29) is 5.41 Å². The zero-order valence-electron chi connectivity index (χ0n) is 19.8. The third-order valence-electron chi connectivity index (χ3n) is 8.29. The van der Waals surface area contributed by atoms with Crippen molar-refractivity contribution in [1.82, 2.24) is 0 Å². The third kappa shape index (κ3) is 3.62. The van der Waals surface area contributed by atoms with Gasteiger partial charge in [0.15, 0.2) is 0 Å². The molecular formula is C24H38O7. The van der Waals surface area contributed by atoms with Gasteiger partial charge < -0.3 is 24.4 Å². The van der Waals surface area contributed by atoms with E-state index in [4.69, 9.17) is 14.2 Å². The fourth-order valence-electron chi connectivity index (χ4n) is 7.35. The van der Waals surface area contributed by atoms with Crippen molar-refractivity contribution < 1.29 is 34.0 Å². The number of carbonyl (C=O) groups excluding carboxylic acids is 2. The van der Waals surface area contributed by atoms with Crippen molar-refractivity contribution in [3.63, 3.8) is 0 Å². The number of esters is 2. The number of rotatable bonds is 3. The molecule has 2 aliphatic carbocycles. The Labute approximate surface area is 185 Å². The number of aliphatic hydroxyl groups is 2. The highest BCUT2D eigenvalue weighted by Gasteiger charge is 2.73. The molecule has 0 amide bonds. The van der Waals surface area contributed by atoms with Gasteiger partial charge in [0.2, 0.25) is 0 Å². The third-order valence-corrected chi connectivity index (χ3v) is 8.29. The van der Waals surface area contributed by atoms with Crippen molar-refractivity contribution in [2.75, 3.05) is 0 Å². The molecule has 2 N–H and O–H groups in total. The van der Waals surface area contributed by atoms with Crippen molar-refractivity contribution in [2.45, 2.75) is 103 Å². The lowest BCUT2D eigenvalue weighted by molar-refractivity contribution is -0.353. The quantitative estimate of drug-likeness (QED) is 0.516. The average Bonchev–Trinajstić information content (AvgIpc) is 2.61. The first-order valence-electron chi connectivity index (χ1n) is 11.2. The summed E-state index contributed by atoms with van der Waals surface area (Å²) in [6.45, 7) is 16.3. The summed E-state index contributed by atoms with van der Waals surface area (Å²) in [6.07, 6.45) is -0.109. The zero-order valence-corrected chi connectivity index (χ0v) is 19.8. The summed E-state index contributed by atoms with van der Waals surface area (Å²) in [6, 6.07) is 0. The van der Waals surface area contributed by atoms with Gasteiger partial charge in [0, 0.05) is 37.5 Å². The molecule has 0 spiro atoms. The highest BCUT2D eigenvalue weighted by atomic mass is 16.6. The molecule has 0 aromatic rings. The van der Waals surface area contributed by atoms with Gasteiger partial charge in [-0.1, -0.05) is 26.8 Å². The van der Waals surface area contributed by atoms with E-state index < -0.39 is 64.8 Å². The van der Waals surface area contributed by atoms with Crippen LogP contribution in [-0.2, 0) is 23.8 Å².